The van der Waals surface area contributed by atoms with Crippen molar-refractivity contribution in [1.82, 2.24) is 20.2 Å². The van der Waals surface area contributed by atoms with Gasteiger partial charge in [-0.15, -0.1) is 11.3 Å². The molecule has 2 amide bonds. The number of thiazole rings is 1. The van der Waals surface area contributed by atoms with Crippen molar-refractivity contribution in [2.75, 3.05) is 39.2 Å². The van der Waals surface area contributed by atoms with Crippen LogP contribution in [-0.4, -0.2) is 61.0 Å². The zero-order valence-electron chi connectivity index (χ0n) is 20.6. The number of carbonyl (C=O) groups is 2. The summed E-state index contributed by atoms with van der Waals surface area (Å²) in [6, 6.07) is 5.81. The predicted molar refractivity (Wildman–Crippen MR) is 144 cm³/mol. The number of nitrogens with one attached hydrogen (secondary N) is 1. The first kappa shape index (κ1) is 24.5. The monoisotopic (exact) mass is 523 g/mol. The topological polar surface area (TPSA) is 87.7 Å². The molecular weight excluding hydrogens is 494 g/mol. The summed E-state index contributed by atoms with van der Waals surface area (Å²) in [7, 11) is 5.23. The first-order chi connectivity index (χ1) is 17.4. The summed E-state index contributed by atoms with van der Waals surface area (Å²) < 4.78 is 6.15. The normalized spacial score (nSPS) is 18.2. The summed E-state index contributed by atoms with van der Waals surface area (Å²) in [5.74, 6) is 1.01. The van der Waals surface area contributed by atoms with E-state index in [0.717, 1.165) is 58.3 Å². The van der Waals surface area contributed by atoms with Crippen molar-refractivity contribution in [3.8, 4) is 5.88 Å². The van der Waals surface area contributed by atoms with Crippen molar-refractivity contribution in [2.24, 2.45) is 5.92 Å². The average Bonchev–Trinajstić information content (AvgIpc) is 3.49. The van der Waals surface area contributed by atoms with Gasteiger partial charge >= 0.3 is 0 Å². The van der Waals surface area contributed by atoms with Crippen molar-refractivity contribution in [3.05, 3.63) is 58.8 Å². The molecule has 0 bridgehead atoms. The standard InChI is InChI=1S/C26H29N5O3S2/c1-30(2)25(33)17-10-12-31(13-11-17)26-29-24-21(36-26)14-20(35-24)23(32)28-19-7-4-16(5-8-19)18-6-9-22(34-3)27-15-18/h4,6-9,14-17H,5,10-13H2,1-3H3,(H,28,32). The number of allylic oxidation sites excluding steroid dienone is 3. The number of nitrogens with zero attached hydrogens (tertiary/aromatic N) is 4. The molecule has 36 heavy (non-hydrogen) atoms. The van der Waals surface area contributed by atoms with Crippen LogP contribution in [0.2, 0.25) is 0 Å². The Kier molecular flexibility index (Phi) is 7.06. The van der Waals surface area contributed by atoms with Gasteiger partial charge in [0.1, 0.15) is 4.83 Å². The van der Waals surface area contributed by atoms with Gasteiger partial charge in [0.2, 0.25) is 11.8 Å². The molecule has 0 spiro atoms. The summed E-state index contributed by atoms with van der Waals surface area (Å²) in [6.07, 6.45) is 10.4. The van der Waals surface area contributed by atoms with Crippen LogP contribution in [0, 0.1) is 5.92 Å². The Balaban J connectivity index is 1.17. The molecule has 0 radical (unpaired) electrons. The number of ether oxygens (including phenoxy) is 1. The molecule has 10 heteroatoms. The van der Waals surface area contributed by atoms with Gasteiger partial charge in [-0.1, -0.05) is 29.6 Å². The third-order valence-electron chi connectivity index (χ3n) is 6.61. The Hall–Kier alpha value is -3.24. The highest BCUT2D eigenvalue weighted by Crippen LogP contribution is 2.36. The number of rotatable bonds is 6. The molecule has 1 N–H and O–H groups in total. The lowest BCUT2D eigenvalue weighted by molar-refractivity contribution is -0.133. The molecular formula is C26H29N5O3S2. The fourth-order valence-corrected chi connectivity index (χ4v) is 6.70. The van der Waals surface area contributed by atoms with Crippen LogP contribution in [0.3, 0.4) is 0 Å². The number of hydrogen-bond acceptors (Lipinski definition) is 8. The maximum absolute atomic E-state index is 12.9. The maximum Gasteiger partial charge on any atom is 0.265 e. The van der Waals surface area contributed by atoms with Gasteiger partial charge in [-0.2, -0.15) is 0 Å². The van der Waals surface area contributed by atoms with Gasteiger partial charge in [0, 0.05) is 57.0 Å². The first-order valence-electron chi connectivity index (χ1n) is 12.0. The summed E-state index contributed by atoms with van der Waals surface area (Å²) >= 11 is 3.03. The second-order valence-electron chi connectivity index (χ2n) is 9.22. The van der Waals surface area contributed by atoms with E-state index in [0.29, 0.717) is 10.8 Å². The van der Waals surface area contributed by atoms with Crippen LogP contribution in [0.1, 0.15) is 40.4 Å². The molecule has 3 aromatic heterocycles. The Labute approximate surface area is 218 Å². The Morgan fingerprint density at radius 2 is 2.00 bits per heavy atom. The largest absolute Gasteiger partial charge is 0.481 e. The van der Waals surface area contributed by atoms with Crippen LogP contribution < -0.4 is 15.0 Å². The van der Waals surface area contributed by atoms with Gasteiger partial charge in [0.15, 0.2) is 5.13 Å². The Morgan fingerprint density at radius 1 is 1.19 bits per heavy atom. The quantitative estimate of drug-likeness (QED) is 0.515. The summed E-state index contributed by atoms with van der Waals surface area (Å²) in [5.41, 5.74) is 1.92. The molecule has 1 saturated heterocycles. The van der Waals surface area contributed by atoms with E-state index in [-0.39, 0.29) is 23.7 Å². The number of amides is 2. The lowest BCUT2D eigenvalue weighted by atomic mass is 9.93. The molecule has 1 atom stereocenters. The molecule has 1 aliphatic heterocycles. The summed E-state index contributed by atoms with van der Waals surface area (Å²) in [4.78, 5) is 39.6. The summed E-state index contributed by atoms with van der Waals surface area (Å²) in [5, 5.41) is 3.99. The van der Waals surface area contributed by atoms with Crippen LogP contribution in [0.25, 0.3) is 9.53 Å². The van der Waals surface area contributed by atoms with Crippen LogP contribution in [0.4, 0.5) is 5.13 Å². The van der Waals surface area contributed by atoms with Gasteiger partial charge in [-0.25, -0.2) is 9.97 Å². The fraction of sp³-hybridized carbons (Fsp3) is 0.385. The number of methoxy groups -OCH3 is 1. The lowest BCUT2D eigenvalue weighted by Gasteiger charge is -2.32. The smallest absolute Gasteiger partial charge is 0.265 e. The minimum absolute atomic E-state index is 0.0962. The molecule has 1 aliphatic carbocycles. The number of pyridine rings is 1. The SMILES string of the molecule is COc1ccc(C2C=CC(NC(=O)c3cc4sc(N5CCC(C(=O)N(C)C)CC5)nc4s3)=CC2)cn1. The van der Waals surface area contributed by atoms with Gasteiger partial charge in [0.25, 0.3) is 5.91 Å². The third-order valence-corrected chi connectivity index (χ3v) is 8.83. The van der Waals surface area contributed by atoms with Crippen LogP contribution in [-0.2, 0) is 4.79 Å². The molecule has 2 aliphatic rings. The predicted octanol–water partition coefficient (Wildman–Crippen LogP) is 4.42. The van der Waals surface area contributed by atoms with Crippen molar-refractivity contribution >= 4 is 49.1 Å². The minimum Gasteiger partial charge on any atom is -0.481 e. The number of fused-ring (bicyclic) bond motifs is 1. The molecule has 4 heterocycles. The molecule has 1 unspecified atom stereocenters. The van der Waals surface area contributed by atoms with Gasteiger partial charge in [-0.05, 0) is 37.0 Å². The third kappa shape index (κ3) is 5.15. The second-order valence-corrected chi connectivity index (χ2v) is 11.3. The average molecular weight is 524 g/mol. The van der Waals surface area contributed by atoms with Crippen molar-refractivity contribution in [2.45, 2.75) is 25.2 Å². The van der Waals surface area contributed by atoms with Crippen molar-refractivity contribution in [1.29, 1.82) is 0 Å². The van der Waals surface area contributed by atoms with E-state index in [9.17, 15) is 9.59 Å². The second kappa shape index (κ2) is 10.4. The van der Waals surface area contributed by atoms with Crippen LogP contribution >= 0.6 is 22.7 Å². The highest BCUT2D eigenvalue weighted by atomic mass is 32.1. The lowest BCUT2D eigenvalue weighted by Crippen LogP contribution is -2.40. The van der Waals surface area contributed by atoms with Gasteiger partial charge in [-0.3, -0.25) is 9.59 Å². The van der Waals surface area contributed by atoms with Crippen LogP contribution in [0.15, 0.2) is 48.3 Å². The number of aromatic nitrogens is 2. The Bertz CT molecular complexity index is 1290. The van der Waals surface area contributed by atoms with Gasteiger partial charge in [0.05, 0.1) is 16.7 Å². The van der Waals surface area contributed by atoms with E-state index in [1.165, 1.54) is 11.3 Å². The highest BCUT2D eigenvalue weighted by Gasteiger charge is 2.28. The first-order valence-corrected chi connectivity index (χ1v) is 13.6. The van der Waals surface area contributed by atoms with Gasteiger partial charge < -0.3 is 19.9 Å². The highest BCUT2D eigenvalue weighted by molar-refractivity contribution is 7.29. The zero-order chi connectivity index (χ0) is 25.2. The van der Waals surface area contributed by atoms with E-state index in [1.807, 2.05) is 50.6 Å². The summed E-state index contributed by atoms with van der Waals surface area (Å²) in [6.45, 7) is 1.65. The van der Waals surface area contributed by atoms with E-state index in [2.05, 4.69) is 21.3 Å². The molecule has 0 aromatic carbocycles. The molecule has 5 rings (SSSR count). The zero-order valence-corrected chi connectivity index (χ0v) is 22.2. The van der Waals surface area contributed by atoms with E-state index >= 15 is 0 Å². The molecule has 8 nitrogen and oxygen atoms in total. The van der Waals surface area contributed by atoms with E-state index in [1.54, 1.807) is 23.3 Å². The van der Waals surface area contributed by atoms with E-state index < -0.39 is 0 Å². The number of hydrogen-bond donors (Lipinski definition) is 1. The van der Waals surface area contributed by atoms with Crippen LogP contribution in [0.5, 0.6) is 5.88 Å². The fourth-order valence-electron chi connectivity index (χ4n) is 4.54. The number of anilines is 1. The Morgan fingerprint density at radius 3 is 2.61 bits per heavy atom. The minimum atomic E-state index is -0.116. The number of thiophene rings is 1. The van der Waals surface area contributed by atoms with Crippen molar-refractivity contribution in [3.63, 3.8) is 0 Å². The molecule has 0 saturated carbocycles. The molecule has 188 valence electrons. The van der Waals surface area contributed by atoms with Crippen molar-refractivity contribution < 1.29 is 14.3 Å². The maximum atomic E-state index is 12.9. The number of piperidine rings is 1. The molecule has 1 fully saturated rings. The van der Waals surface area contributed by atoms with E-state index in [4.69, 9.17) is 9.72 Å². The molecule has 3 aromatic rings. The number of carbonyl (C=O) groups excluding carboxylic acids is 2.